The molecule has 0 radical (unpaired) electrons. The molecule has 0 aliphatic carbocycles. The summed E-state index contributed by atoms with van der Waals surface area (Å²) < 4.78 is 5.27. The zero-order valence-electron chi connectivity index (χ0n) is 11.4. The molecule has 0 saturated carbocycles. The van der Waals surface area contributed by atoms with Crippen LogP contribution in [-0.4, -0.2) is 36.0 Å². The third-order valence-electron chi connectivity index (χ3n) is 2.83. The predicted molar refractivity (Wildman–Crippen MR) is 72.2 cm³/mol. The summed E-state index contributed by atoms with van der Waals surface area (Å²) in [5.74, 6) is -0.880. The Morgan fingerprint density at radius 2 is 2.14 bits per heavy atom. The average molecular weight is 293 g/mol. The first-order chi connectivity index (χ1) is 10.0. The fraction of sp³-hybridized carbons (Fsp3) is 0.308. The number of aliphatic hydroxyl groups excluding tert-OH is 1. The van der Waals surface area contributed by atoms with Gasteiger partial charge in [0.05, 0.1) is 12.3 Å². The third kappa shape index (κ3) is 3.48. The SMILES string of the molecule is CC(=O)NNC(=O)CN1C(=O)COc2ccc(CO)cc21. The van der Waals surface area contributed by atoms with E-state index in [0.29, 0.717) is 17.0 Å². The number of fused-ring (bicyclic) bond motifs is 1. The summed E-state index contributed by atoms with van der Waals surface area (Å²) in [7, 11) is 0. The van der Waals surface area contributed by atoms with E-state index in [9.17, 15) is 14.4 Å². The summed E-state index contributed by atoms with van der Waals surface area (Å²) in [6.07, 6.45) is 0. The van der Waals surface area contributed by atoms with E-state index in [-0.39, 0.29) is 25.7 Å². The standard InChI is InChI=1S/C13H15N3O5/c1-8(18)14-15-12(19)5-16-10-4-9(6-17)2-3-11(10)21-7-13(16)20/h2-4,17H,5-7H2,1H3,(H,14,18)(H,15,19). The zero-order chi connectivity index (χ0) is 15.4. The van der Waals surface area contributed by atoms with E-state index in [1.54, 1.807) is 18.2 Å². The van der Waals surface area contributed by atoms with Gasteiger partial charge in [0, 0.05) is 6.92 Å². The molecule has 0 spiro atoms. The van der Waals surface area contributed by atoms with Gasteiger partial charge >= 0.3 is 0 Å². The molecule has 1 aromatic carbocycles. The molecule has 8 nitrogen and oxygen atoms in total. The predicted octanol–water partition coefficient (Wildman–Crippen LogP) is -0.928. The fourth-order valence-corrected chi connectivity index (χ4v) is 1.86. The average Bonchev–Trinajstić information content (AvgIpc) is 2.47. The summed E-state index contributed by atoms with van der Waals surface area (Å²) >= 11 is 0. The topological polar surface area (TPSA) is 108 Å². The number of aliphatic hydroxyl groups is 1. The van der Waals surface area contributed by atoms with Crippen molar-refractivity contribution < 1.29 is 24.2 Å². The van der Waals surface area contributed by atoms with Crippen molar-refractivity contribution in [1.29, 1.82) is 0 Å². The van der Waals surface area contributed by atoms with Crippen LogP contribution in [0.3, 0.4) is 0 Å². The van der Waals surface area contributed by atoms with Crippen LogP contribution in [0.5, 0.6) is 5.75 Å². The van der Waals surface area contributed by atoms with E-state index < -0.39 is 11.8 Å². The molecule has 1 heterocycles. The van der Waals surface area contributed by atoms with Gasteiger partial charge in [0.2, 0.25) is 5.91 Å². The summed E-state index contributed by atoms with van der Waals surface area (Å²) in [4.78, 5) is 35.6. The van der Waals surface area contributed by atoms with Crippen molar-refractivity contribution in [2.24, 2.45) is 0 Å². The van der Waals surface area contributed by atoms with Gasteiger partial charge < -0.3 is 9.84 Å². The first kappa shape index (κ1) is 14.8. The Kier molecular flexibility index (Phi) is 4.39. The molecule has 1 aliphatic rings. The number of ether oxygens (including phenoxy) is 1. The lowest BCUT2D eigenvalue weighted by molar-refractivity contribution is -0.128. The van der Waals surface area contributed by atoms with E-state index in [1.165, 1.54) is 11.8 Å². The van der Waals surface area contributed by atoms with Gasteiger partial charge in [0.15, 0.2) is 6.61 Å². The molecule has 3 amide bonds. The highest BCUT2D eigenvalue weighted by Gasteiger charge is 2.27. The number of nitrogens with zero attached hydrogens (tertiary/aromatic N) is 1. The Labute approximate surface area is 120 Å². The van der Waals surface area contributed by atoms with Gasteiger partial charge in [-0.05, 0) is 17.7 Å². The van der Waals surface area contributed by atoms with Crippen LogP contribution < -0.4 is 20.5 Å². The summed E-state index contributed by atoms with van der Waals surface area (Å²) in [6.45, 7) is 0.639. The van der Waals surface area contributed by atoms with Crippen molar-refractivity contribution in [3.63, 3.8) is 0 Å². The molecule has 0 aromatic heterocycles. The van der Waals surface area contributed by atoms with E-state index in [2.05, 4.69) is 10.9 Å². The lowest BCUT2D eigenvalue weighted by atomic mass is 10.1. The fourth-order valence-electron chi connectivity index (χ4n) is 1.86. The Balaban J connectivity index is 2.17. The monoisotopic (exact) mass is 293 g/mol. The smallest absolute Gasteiger partial charge is 0.265 e. The van der Waals surface area contributed by atoms with Crippen LogP contribution in [0.1, 0.15) is 12.5 Å². The third-order valence-corrected chi connectivity index (χ3v) is 2.83. The van der Waals surface area contributed by atoms with Crippen LogP contribution in [0.4, 0.5) is 5.69 Å². The molecule has 0 unspecified atom stereocenters. The van der Waals surface area contributed by atoms with Crippen LogP contribution in [0.15, 0.2) is 18.2 Å². The molecule has 8 heteroatoms. The lowest BCUT2D eigenvalue weighted by Crippen LogP contribution is -2.49. The van der Waals surface area contributed by atoms with Crippen LogP contribution in [0.2, 0.25) is 0 Å². The van der Waals surface area contributed by atoms with Gasteiger partial charge in [-0.25, -0.2) is 0 Å². The Hall–Kier alpha value is -2.61. The summed E-state index contributed by atoms with van der Waals surface area (Å²) in [5.41, 5.74) is 5.34. The molecule has 3 N–H and O–H groups in total. The van der Waals surface area contributed by atoms with Crippen LogP contribution in [-0.2, 0) is 21.0 Å². The number of benzene rings is 1. The number of anilines is 1. The number of carbonyl (C=O) groups is 3. The first-order valence-electron chi connectivity index (χ1n) is 6.23. The molecule has 0 atom stereocenters. The quantitative estimate of drug-likeness (QED) is 0.624. The Morgan fingerprint density at radius 1 is 1.38 bits per heavy atom. The highest BCUT2D eigenvalue weighted by Crippen LogP contribution is 2.32. The van der Waals surface area contributed by atoms with Gasteiger partial charge in [-0.15, -0.1) is 0 Å². The first-order valence-corrected chi connectivity index (χ1v) is 6.23. The minimum atomic E-state index is -0.541. The number of hydrazine groups is 1. The van der Waals surface area contributed by atoms with Gasteiger partial charge in [0.1, 0.15) is 12.3 Å². The maximum absolute atomic E-state index is 11.9. The second-order valence-electron chi connectivity index (χ2n) is 4.46. The molecular weight excluding hydrogens is 278 g/mol. The molecule has 1 aliphatic heterocycles. The zero-order valence-corrected chi connectivity index (χ0v) is 11.4. The second-order valence-corrected chi connectivity index (χ2v) is 4.46. The van der Waals surface area contributed by atoms with Gasteiger partial charge in [-0.3, -0.25) is 30.1 Å². The largest absolute Gasteiger partial charge is 0.482 e. The molecule has 0 bridgehead atoms. The number of hydrogen-bond donors (Lipinski definition) is 3. The van der Waals surface area contributed by atoms with Gasteiger partial charge in [-0.1, -0.05) is 6.07 Å². The van der Waals surface area contributed by atoms with E-state index in [1.807, 2.05) is 0 Å². The highest BCUT2D eigenvalue weighted by molar-refractivity contribution is 6.02. The van der Waals surface area contributed by atoms with E-state index >= 15 is 0 Å². The number of hydrogen-bond acceptors (Lipinski definition) is 5. The minimum Gasteiger partial charge on any atom is -0.482 e. The van der Waals surface area contributed by atoms with Crippen molar-refractivity contribution in [1.82, 2.24) is 10.9 Å². The molecule has 1 aromatic rings. The molecule has 2 rings (SSSR count). The van der Waals surface area contributed by atoms with Crippen LogP contribution >= 0.6 is 0 Å². The van der Waals surface area contributed by atoms with Crippen molar-refractivity contribution in [3.05, 3.63) is 23.8 Å². The Bertz CT molecular complexity index is 587. The van der Waals surface area contributed by atoms with E-state index in [0.717, 1.165) is 0 Å². The lowest BCUT2D eigenvalue weighted by Gasteiger charge is -2.29. The normalized spacial score (nSPS) is 13.2. The van der Waals surface area contributed by atoms with Crippen LogP contribution in [0, 0.1) is 0 Å². The van der Waals surface area contributed by atoms with Crippen LogP contribution in [0.25, 0.3) is 0 Å². The highest BCUT2D eigenvalue weighted by atomic mass is 16.5. The maximum Gasteiger partial charge on any atom is 0.265 e. The van der Waals surface area contributed by atoms with Crippen molar-refractivity contribution >= 4 is 23.4 Å². The summed E-state index contributed by atoms with van der Waals surface area (Å²) in [6, 6.07) is 4.88. The molecule has 112 valence electrons. The molecular formula is C13H15N3O5. The van der Waals surface area contributed by atoms with Crippen molar-refractivity contribution in [3.8, 4) is 5.75 Å². The second kappa shape index (κ2) is 6.23. The Morgan fingerprint density at radius 3 is 2.81 bits per heavy atom. The molecule has 0 fully saturated rings. The minimum absolute atomic E-state index is 0.168. The number of carbonyl (C=O) groups excluding carboxylic acids is 3. The van der Waals surface area contributed by atoms with Gasteiger partial charge in [0.25, 0.3) is 11.8 Å². The van der Waals surface area contributed by atoms with Crippen molar-refractivity contribution in [2.45, 2.75) is 13.5 Å². The number of rotatable bonds is 3. The maximum atomic E-state index is 11.9. The molecule has 0 saturated heterocycles. The van der Waals surface area contributed by atoms with E-state index in [4.69, 9.17) is 9.84 Å². The number of amides is 3. The molecule has 21 heavy (non-hydrogen) atoms. The summed E-state index contributed by atoms with van der Waals surface area (Å²) in [5, 5.41) is 9.15. The van der Waals surface area contributed by atoms with Gasteiger partial charge in [-0.2, -0.15) is 0 Å². The number of nitrogens with one attached hydrogen (secondary N) is 2. The van der Waals surface area contributed by atoms with Crippen molar-refractivity contribution in [2.75, 3.05) is 18.1 Å².